The van der Waals surface area contributed by atoms with Crippen LogP contribution < -0.4 is 0 Å². The van der Waals surface area contributed by atoms with Crippen LogP contribution in [-0.4, -0.2) is 0 Å². The number of hydrogen-bond donors (Lipinski definition) is 0. The van der Waals surface area contributed by atoms with E-state index in [-0.39, 0.29) is 0 Å². The summed E-state index contributed by atoms with van der Waals surface area (Å²) in [5, 5.41) is 2.65. The Hall–Kier alpha value is -1.21. The molecule has 0 aliphatic carbocycles. The third-order valence-electron chi connectivity index (χ3n) is 2.76. The Bertz CT molecular complexity index is 602. The SMILES string of the molecule is [F][Zr][F].c1ccc(-c2cccc3[cH-]ccc23)cc1. The molecule has 18 heavy (non-hydrogen) atoms. The predicted molar refractivity (Wildman–Crippen MR) is 67.2 cm³/mol. The maximum absolute atomic E-state index is 9.80. The van der Waals surface area contributed by atoms with Crippen molar-refractivity contribution in [3.63, 3.8) is 0 Å². The van der Waals surface area contributed by atoms with Gasteiger partial charge in [0.25, 0.3) is 0 Å². The first-order chi connectivity index (χ1) is 8.86. The van der Waals surface area contributed by atoms with Gasteiger partial charge in [-0.3, -0.25) is 0 Å². The van der Waals surface area contributed by atoms with Gasteiger partial charge in [-0.1, -0.05) is 42.0 Å². The van der Waals surface area contributed by atoms with Crippen LogP contribution in [0.15, 0.2) is 66.7 Å². The molecule has 0 saturated heterocycles. The fraction of sp³-hybridized carbons (Fsp3) is 0. The second kappa shape index (κ2) is 6.65. The smallest absolute Gasteiger partial charge is 0.0279 e. The van der Waals surface area contributed by atoms with Crippen molar-refractivity contribution >= 4 is 10.8 Å². The molecule has 0 heterocycles. The normalized spacial score (nSPS) is 9.67. The molecule has 0 radical (unpaired) electrons. The predicted octanol–water partition coefficient (Wildman–Crippen LogP) is 5.06. The molecule has 0 fully saturated rings. The Morgan fingerprint density at radius 2 is 1.56 bits per heavy atom. The fourth-order valence-electron chi connectivity index (χ4n) is 2.03. The van der Waals surface area contributed by atoms with Crippen LogP contribution in [0.5, 0.6) is 0 Å². The molecule has 3 aromatic rings. The maximum atomic E-state index is 9.80. The minimum absolute atomic E-state index is 1.29. The molecule has 3 aromatic carbocycles. The molecule has 0 atom stereocenters. The van der Waals surface area contributed by atoms with E-state index in [9.17, 15) is 5.25 Å². The minimum Gasteiger partial charge on any atom is -0.168 e. The average Bonchev–Trinajstić information content (AvgIpc) is 2.89. The maximum Gasteiger partial charge on any atom is -0.0279 e. The zero-order valence-corrected chi connectivity index (χ0v) is 12.1. The Balaban J connectivity index is 0.000000367. The molecular weight excluding hydrogens is 309 g/mol. The molecule has 0 nitrogen and oxygen atoms in total. The Morgan fingerprint density at radius 1 is 0.833 bits per heavy atom. The molecule has 0 saturated carbocycles. The monoisotopic (exact) mass is 319 g/mol. The molecule has 3 rings (SSSR count). The van der Waals surface area contributed by atoms with Crippen LogP contribution in [0.1, 0.15) is 0 Å². The van der Waals surface area contributed by atoms with Crippen molar-refractivity contribution in [1.29, 1.82) is 0 Å². The van der Waals surface area contributed by atoms with Crippen molar-refractivity contribution in [3.8, 4) is 11.1 Å². The molecule has 0 aromatic heterocycles. The first kappa shape index (κ1) is 13.2. The largest absolute Gasteiger partial charge is 0.168 e. The first-order valence-electron chi connectivity index (χ1n) is 5.53. The van der Waals surface area contributed by atoms with Gasteiger partial charge in [0.2, 0.25) is 0 Å². The molecular formula is C15H11F2Zr-. The van der Waals surface area contributed by atoms with Crippen LogP contribution in [-0.2, 0) is 24.5 Å². The van der Waals surface area contributed by atoms with Crippen molar-refractivity contribution in [2.75, 3.05) is 0 Å². The summed E-state index contributed by atoms with van der Waals surface area (Å²) in [5.74, 6) is 0. The molecule has 0 spiro atoms. The summed E-state index contributed by atoms with van der Waals surface area (Å²) in [6.45, 7) is 0. The van der Waals surface area contributed by atoms with E-state index in [4.69, 9.17) is 0 Å². The van der Waals surface area contributed by atoms with Gasteiger partial charge in [0, 0.05) is 0 Å². The Morgan fingerprint density at radius 3 is 2.28 bits per heavy atom. The van der Waals surface area contributed by atoms with E-state index in [2.05, 4.69) is 66.7 Å². The van der Waals surface area contributed by atoms with E-state index in [0.717, 1.165) is 0 Å². The third kappa shape index (κ3) is 2.97. The van der Waals surface area contributed by atoms with Crippen LogP contribution >= 0.6 is 0 Å². The molecule has 0 unspecified atom stereocenters. The summed E-state index contributed by atoms with van der Waals surface area (Å²) in [6.07, 6.45) is 0. The zero-order valence-electron chi connectivity index (χ0n) is 9.61. The first-order valence-corrected chi connectivity index (χ1v) is 7.38. The fourth-order valence-corrected chi connectivity index (χ4v) is 2.03. The van der Waals surface area contributed by atoms with E-state index >= 15 is 0 Å². The second-order valence-electron chi connectivity index (χ2n) is 3.77. The summed E-state index contributed by atoms with van der Waals surface area (Å²) in [7, 11) is 0. The van der Waals surface area contributed by atoms with Gasteiger partial charge in [0.15, 0.2) is 0 Å². The summed E-state index contributed by atoms with van der Waals surface area (Å²) in [4.78, 5) is 0. The van der Waals surface area contributed by atoms with Gasteiger partial charge in [-0.05, 0) is 5.56 Å². The van der Waals surface area contributed by atoms with Gasteiger partial charge >= 0.3 is 29.7 Å². The third-order valence-corrected chi connectivity index (χ3v) is 2.76. The molecule has 0 bridgehead atoms. The number of halogens is 2. The van der Waals surface area contributed by atoms with Crippen molar-refractivity contribution < 1.29 is 29.7 Å². The van der Waals surface area contributed by atoms with Gasteiger partial charge in [0.05, 0.1) is 0 Å². The Kier molecular flexibility index (Phi) is 4.89. The molecule has 0 N–H and O–H groups in total. The Labute approximate surface area is 118 Å². The van der Waals surface area contributed by atoms with E-state index in [1.54, 1.807) is 0 Å². The van der Waals surface area contributed by atoms with Gasteiger partial charge in [-0.15, -0.1) is 29.0 Å². The van der Waals surface area contributed by atoms with Crippen LogP contribution in [0.4, 0.5) is 5.25 Å². The molecule has 0 amide bonds. The quantitative estimate of drug-likeness (QED) is 0.550. The average molecular weight is 320 g/mol. The summed E-state index contributed by atoms with van der Waals surface area (Å²) in [6, 6.07) is 23.4. The van der Waals surface area contributed by atoms with Gasteiger partial charge in [-0.25, -0.2) is 0 Å². The zero-order chi connectivity index (χ0) is 12.8. The van der Waals surface area contributed by atoms with Crippen LogP contribution in [0.2, 0.25) is 0 Å². The van der Waals surface area contributed by atoms with Crippen LogP contribution in [0, 0.1) is 0 Å². The van der Waals surface area contributed by atoms with E-state index in [1.807, 2.05) is 0 Å². The molecule has 3 heteroatoms. The van der Waals surface area contributed by atoms with E-state index in [0.29, 0.717) is 0 Å². The van der Waals surface area contributed by atoms with Crippen LogP contribution in [0.3, 0.4) is 0 Å². The molecule has 90 valence electrons. The van der Waals surface area contributed by atoms with Crippen molar-refractivity contribution in [2.24, 2.45) is 0 Å². The van der Waals surface area contributed by atoms with E-state index < -0.39 is 24.5 Å². The van der Waals surface area contributed by atoms with Gasteiger partial charge < -0.3 is 0 Å². The second-order valence-corrected chi connectivity index (χ2v) is 4.12. The number of fused-ring (bicyclic) bond motifs is 1. The van der Waals surface area contributed by atoms with Gasteiger partial charge in [-0.2, -0.15) is 12.1 Å². The van der Waals surface area contributed by atoms with Crippen molar-refractivity contribution in [1.82, 2.24) is 0 Å². The standard InChI is InChI=1S/C15H11.2FH.Zr/c1-2-6-12(7-3-1)14-10-4-8-13-9-5-11-15(13)14;;;/h1-11H;2*1H;/q-1;;;+2/p-2. The molecule has 0 aliphatic heterocycles. The minimum atomic E-state index is -2.77. The number of benzene rings is 2. The summed E-state index contributed by atoms with van der Waals surface area (Å²) < 4.78 is 19.6. The van der Waals surface area contributed by atoms with Crippen molar-refractivity contribution in [3.05, 3.63) is 66.7 Å². The summed E-state index contributed by atoms with van der Waals surface area (Å²) in [5.41, 5.74) is 2.60. The molecule has 0 aliphatic rings. The van der Waals surface area contributed by atoms with Crippen LogP contribution in [0.25, 0.3) is 21.9 Å². The topological polar surface area (TPSA) is 0 Å². The summed E-state index contributed by atoms with van der Waals surface area (Å²) >= 11 is -2.77. The number of hydrogen-bond acceptors (Lipinski definition) is 0. The van der Waals surface area contributed by atoms with Gasteiger partial charge in [0.1, 0.15) is 0 Å². The number of rotatable bonds is 1. The van der Waals surface area contributed by atoms with E-state index in [1.165, 1.54) is 21.9 Å². The van der Waals surface area contributed by atoms with Crippen molar-refractivity contribution in [2.45, 2.75) is 0 Å².